The molecular formula is C16H24N4O. The van der Waals surface area contributed by atoms with E-state index in [9.17, 15) is 4.79 Å². The molecule has 0 unspecified atom stereocenters. The molecule has 1 aliphatic heterocycles. The maximum absolute atomic E-state index is 12.4. The summed E-state index contributed by atoms with van der Waals surface area (Å²) in [6.45, 7) is 4.00. The van der Waals surface area contributed by atoms with E-state index in [4.69, 9.17) is 0 Å². The van der Waals surface area contributed by atoms with Gasteiger partial charge in [-0.1, -0.05) is 6.92 Å². The molecule has 3 rings (SSSR count). The smallest absolute Gasteiger partial charge is 0.225 e. The van der Waals surface area contributed by atoms with E-state index in [1.807, 2.05) is 6.07 Å². The molecule has 0 radical (unpaired) electrons. The van der Waals surface area contributed by atoms with Crippen molar-refractivity contribution in [1.29, 1.82) is 0 Å². The molecule has 2 fully saturated rings. The third-order valence-electron chi connectivity index (χ3n) is 4.59. The number of nitrogens with zero attached hydrogens (tertiary/aromatic N) is 3. The summed E-state index contributed by atoms with van der Waals surface area (Å²) < 4.78 is 0. The molecule has 1 amide bonds. The Morgan fingerprint density at radius 1 is 1.29 bits per heavy atom. The van der Waals surface area contributed by atoms with Crippen LogP contribution in [-0.4, -0.2) is 39.9 Å². The SMILES string of the molecule is CCc1cc(N[C@H]2C[C@@H](C(=O)N3CCCCC3)C2)ncn1. The zero-order chi connectivity index (χ0) is 14.7. The summed E-state index contributed by atoms with van der Waals surface area (Å²) >= 11 is 0. The van der Waals surface area contributed by atoms with Gasteiger partial charge in [-0.15, -0.1) is 0 Å². The van der Waals surface area contributed by atoms with Crippen LogP contribution >= 0.6 is 0 Å². The average Bonchev–Trinajstić information content (AvgIpc) is 2.51. The fraction of sp³-hybridized carbons (Fsp3) is 0.688. The lowest BCUT2D eigenvalue weighted by atomic mass is 9.79. The lowest BCUT2D eigenvalue weighted by Crippen LogP contribution is -2.47. The molecule has 0 bridgehead atoms. The van der Waals surface area contributed by atoms with Crippen molar-refractivity contribution >= 4 is 11.7 Å². The number of hydrogen-bond donors (Lipinski definition) is 1. The van der Waals surface area contributed by atoms with Gasteiger partial charge in [0, 0.05) is 36.8 Å². The molecule has 1 saturated heterocycles. The number of hydrogen-bond acceptors (Lipinski definition) is 4. The van der Waals surface area contributed by atoms with Crippen LogP contribution in [0.2, 0.25) is 0 Å². The van der Waals surface area contributed by atoms with Crippen LogP contribution < -0.4 is 5.32 Å². The van der Waals surface area contributed by atoms with Crippen molar-refractivity contribution in [3.05, 3.63) is 18.1 Å². The van der Waals surface area contributed by atoms with Crippen LogP contribution in [0.4, 0.5) is 5.82 Å². The van der Waals surface area contributed by atoms with Crippen molar-refractivity contribution in [2.75, 3.05) is 18.4 Å². The molecular weight excluding hydrogens is 264 g/mol. The van der Waals surface area contributed by atoms with E-state index in [0.29, 0.717) is 11.9 Å². The third-order valence-corrected chi connectivity index (χ3v) is 4.59. The maximum Gasteiger partial charge on any atom is 0.225 e. The van der Waals surface area contributed by atoms with Crippen LogP contribution in [0.3, 0.4) is 0 Å². The largest absolute Gasteiger partial charge is 0.367 e. The predicted octanol–water partition coefficient (Wildman–Crippen LogP) is 2.24. The van der Waals surface area contributed by atoms with Crippen LogP contribution in [0, 0.1) is 5.92 Å². The van der Waals surface area contributed by atoms with Gasteiger partial charge in [-0.3, -0.25) is 4.79 Å². The monoisotopic (exact) mass is 288 g/mol. The first-order valence-electron chi connectivity index (χ1n) is 8.12. The minimum absolute atomic E-state index is 0.216. The molecule has 0 aromatic carbocycles. The Bertz CT molecular complexity index is 493. The molecule has 5 heteroatoms. The number of nitrogens with one attached hydrogen (secondary N) is 1. The Labute approximate surface area is 126 Å². The Hall–Kier alpha value is -1.65. The number of carbonyl (C=O) groups is 1. The van der Waals surface area contributed by atoms with Crippen molar-refractivity contribution in [3.8, 4) is 0 Å². The predicted molar refractivity (Wildman–Crippen MR) is 82.0 cm³/mol. The van der Waals surface area contributed by atoms with E-state index < -0.39 is 0 Å². The lowest BCUT2D eigenvalue weighted by Gasteiger charge is -2.39. The minimum atomic E-state index is 0.216. The minimum Gasteiger partial charge on any atom is -0.367 e. The second-order valence-corrected chi connectivity index (χ2v) is 6.14. The van der Waals surface area contributed by atoms with Crippen LogP contribution in [-0.2, 0) is 11.2 Å². The summed E-state index contributed by atoms with van der Waals surface area (Å²) in [4.78, 5) is 22.9. The van der Waals surface area contributed by atoms with Gasteiger partial charge >= 0.3 is 0 Å². The standard InChI is InChI=1S/C16H24N4O/c1-2-13-10-15(18-11-17-13)19-14-8-12(9-14)16(21)20-6-4-3-5-7-20/h10-12,14H,2-9H2,1H3,(H,17,18,19)/t12-,14+. The van der Waals surface area contributed by atoms with E-state index in [1.165, 1.54) is 19.3 Å². The summed E-state index contributed by atoms with van der Waals surface area (Å²) in [5.74, 6) is 1.47. The first-order chi connectivity index (χ1) is 10.3. The second-order valence-electron chi connectivity index (χ2n) is 6.14. The normalized spacial score (nSPS) is 25.3. The van der Waals surface area contributed by atoms with Gasteiger partial charge in [-0.2, -0.15) is 0 Å². The van der Waals surface area contributed by atoms with Crippen molar-refractivity contribution in [1.82, 2.24) is 14.9 Å². The van der Waals surface area contributed by atoms with Gasteiger partial charge in [0.15, 0.2) is 0 Å². The quantitative estimate of drug-likeness (QED) is 0.923. The van der Waals surface area contributed by atoms with E-state index in [1.54, 1.807) is 6.33 Å². The first-order valence-corrected chi connectivity index (χ1v) is 8.12. The zero-order valence-corrected chi connectivity index (χ0v) is 12.7. The molecule has 21 heavy (non-hydrogen) atoms. The molecule has 1 N–H and O–H groups in total. The van der Waals surface area contributed by atoms with Gasteiger partial charge in [0.05, 0.1) is 0 Å². The second kappa shape index (κ2) is 6.41. The molecule has 2 aliphatic rings. The van der Waals surface area contributed by atoms with E-state index in [2.05, 4.69) is 27.1 Å². The van der Waals surface area contributed by atoms with Crippen LogP contribution in [0.5, 0.6) is 0 Å². The molecule has 1 aromatic heterocycles. The fourth-order valence-electron chi connectivity index (χ4n) is 3.19. The number of anilines is 1. The van der Waals surface area contributed by atoms with Crippen LogP contribution in [0.25, 0.3) is 0 Å². The van der Waals surface area contributed by atoms with Gasteiger partial charge in [0.25, 0.3) is 0 Å². The summed E-state index contributed by atoms with van der Waals surface area (Å²) in [5.41, 5.74) is 1.05. The van der Waals surface area contributed by atoms with Crippen molar-refractivity contribution in [2.24, 2.45) is 5.92 Å². The van der Waals surface area contributed by atoms with Crippen LogP contribution in [0.1, 0.15) is 44.7 Å². The molecule has 1 aromatic rings. The Kier molecular flexibility index (Phi) is 4.36. The number of piperidine rings is 1. The zero-order valence-electron chi connectivity index (χ0n) is 12.7. The highest BCUT2D eigenvalue weighted by atomic mass is 16.2. The third kappa shape index (κ3) is 3.34. The lowest BCUT2D eigenvalue weighted by molar-refractivity contribution is -0.139. The molecule has 1 saturated carbocycles. The van der Waals surface area contributed by atoms with Crippen molar-refractivity contribution < 1.29 is 4.79 Å². The van der Waals surface area contributed by atoms with E-state index >= 15 is 0 Å². The maximum atomic E-state index is 12.4. The number of rotatable bonds is 4. The number of aryl methyl sites for hydroxylation is 1. The highest BCUT2D eigenvalue weighted by Crippen LogP contribution is 2.32. The van der Waals surface area contributed by atoms with Crippen molar-refractivity contribution in [3.63, 3.8) is 0 Å². The Balaban J connectivity index is 1.47. The number of amides is 1. The Morgan fingerprint density at radius 3 is 2.76 bits per heavy atom. The first kappa shape index (κ1) is 14.3. The average molecular weight is 288 g/mol. The Morgan fingerprint density at radius 2 is 2.05 bits per heavy atom. The van der Waals surface area contributed by atoms with E-state index in [0.717, 1.165) is 43.9 Å². The van der Waals surface area contributed by atoms with Gasteiger partial charge in [-0.25, -0.2) is 9.97 Å². The number of likely N-dealkylation sites (tertiary alicyclic amines) is 1. The summed E-state index contributed by atoms with van der Waals surface area (Å²) in [6, 6.07) is 2.38. The van der Waals surface area contributed by atoms with Gasteiger partial charge in [0.1, 0.15) is 12.1 Å². The molecule has 2 heterocycles. The molecule has 1 aliphatic carbocycles. The number of aromatic nitrogens is 2. The highest BCUT2D eigenvalue weighted by molar-refractivity contribution is 5.80. The van der Waals surface area contributed by atoms with Crippen molar-refractivity contribution in [2.45, 2.75) is 51.5 Å². The van der Waals surface area contributed by atoms with Gasteiger partial charge in [-0.05, 0) is 38.5 Å². The van der Waals surface area contributed by atoms with E-state index in [-0.39, 0.29) is 5.92 Å². The number of carbonyl (C=O) groups excluding carboxylic acids is 1. The topological polar surface area (TPSA) is 58.1 Å². The summed E-state index contributed by atoms with van der Waals surface area (Å²) in [7, 11) is 0. The molecule has 0 spiro atoms. The van der Waals surface area contributed by atoms with Gasteiger partial charge in [0.2, 0.25) is 5.91 Å². The summed E-state index contributed by atoms with van der Waals surface area (Å²) in [5, 5.41) is 3.42. The van der Waals surface area contributed by atoms with Gasteiger partial charge < -0.3 is 10.2 Å². The molecule has 0 atom stereocenters. The molecule has 114 valence electrons. The molecule has 5 nitrogen and oxygen atoms in total. The highest BCUT2D eigenvalue weighted by Gasteiger charge is 2.37. The fourth-order valence-corrected chi connectivity index (χ4v) is 3.19. The summed E-state index contributed by atoms with van der Waals surface area (Å²) in [6.07, 6.45) is 7.99. The van der Waals surface area contributed by atoms with Crippen LogP contribution in [0.15, 0.2) is 12.4 Å².